The van der Waals surface area contributed by atoms with Gasteiger partial charge in [-0.2, -0.15) is 0 Å². The van der Waals surface area contributed by atoms with Crippen LogP contribution in [0.15, 0.2) is 186 Å². The van der Waals surface area contributed by atoms with Crippen molar-refractivity contribution in [2.45, 2.75) is 0 Å². The Morgan fingerprint density at radius 1 is 0.236 bits per heavy atom. The molecule has 0 fully saturated rings. The summed E-state index contributed by atoms with van der Waals surface area (Å²) in [7, 11) is 0. The van der Waals surface area contributed by atoms with E-state index in [0.717, 1.165) is 66.4 Å². The molecule has 0 bridgehead atoms. The number of benzene rings is 7. The summed E-state index contributed by atoms with van der Waals surface area (Å²) >= 11 is 0. The van der Waals surface area contributed by atoms with Gasteiger partial charge in [0.25, 0.3) is 0 Å². The highest BCUT2D eigenvalue weighted by molar-refractivity contribution is 6.05. The number of para-hydroxylation sites is 1. The van der Waals surface area contributed by atoms with Gasteiger partial charge in [0, 0.05) is 44.2 Å². The summed E-state index contributed by atoms with van der Waals surface area (Å²) in [6, 6.07) is 60.8. The van der Waals surface area contributed by atoms with Gasteiger partial charge in [-0.1, -0.05) is 152 Å². The van der Waals surface area contributed by atoms with E-state index in [1.807, 2.05) is 146 Å². The monoisotopic (exact) mass is 706 g/mol. The molecular formula is C48H30N6O. The lowest BCUT2D eigenvalue weighted by Gasteiger charge is -2.11. The number of hydrogen-bond donors (Lipinski definition) is 0. The summed E-state index contributed by atoms with van der Waals surface area (Å²) in [5.74, 6) is 3.58. The summed E-state index contributed by atoms with van der Waals surface area (Å²) in [4.78, 5) is 29.8. The van der Waals surface area contributed by atoms with Crippen molar-refractivity contribution < 1.29 is 4.42 Å². The molecule has 0 amide bonds. The predicted octanol–water partition coefficient (Wildman–Crippen LogP) is 11.6. The molecule has 0 spiro atoms. The molecule has 0 atom stereocenters. The molecule has 0 radical (unpaired) electrons. The van der Waals surface area contributed by atoms with Crippen LogP contribution in [0.5, 0.6) is 0 Å². The first-order valence-electron chi connectivity index (χ1n) is 18.0. The molecule has 10 aromatic rings. The fourth-order valence-electron chi connectivity index (χ4n) is 6.83. The van der Waals surface area contributed by atoms with E-state index in [2.05, 4.69) is 36.4 Å². The minimum absolute atomic E-state index is 0.567. The van der Waals surface area contributed by atoms with Crippen LogP contribution < -0.4 is 0 Å². The lowest BCUT2D eigenvalue weighted by molar-refractivity contribution is 0.669. The highest BCUT2D eigenvalue weighted by Crippen LogP contribution is 2.34. The number of rotatable bonds is 7. The van der Waals surface area contributed by atoms with Crippen LogP contribution in [0.3, 0.4) is 0 Å². The average molecular weight is 707 g/mol. The van der Waals surface area contributed by atoms with Crippen LogP contribution in [0.4, 0.5) is 0 Å². The molecule has 0 saturated heterocycles. The number of aromatic nitrogens is 6. The number of furan rings is 1. The summed E-state index contributed by atoms with van der Waals surface area (Å²) in [5.41, 5.74) is 9.01. The van der Waals surface area contributed by atoms with Gasteiger partial charge in [-0.25, -0.2) is 29.9 Å². The van der Waals surface area contributed by atoms with Crippen molar-refractivity contribution in [1.82, 2.24) is 29.9 Å². The zero-order chi connectivity index (χ0) is 36.6. The van der Waals surface area contributed by atoms with Crippen LogP contribution in [0, 0.1) is 0 Å². The Morgan fingerprint density at radius 2 is 0.582 bits per heavy atom. The summed E-state index contributed by atoms with van der Waals surface area (Å²) < 4.78 is 6.23. The van der Waals surface area contributed by atoms with Crippen molar-refractivity contribution >= 4 is 21.9 Å². The first kappa shape index (κ1) is 32.0. The molecule has 3 aromatic heterocycles. The molecule has 7 aromatic carbocycles. The molecule has 55 heavy (non-hydrogen) atoms. The highest BCUT2D eigenvalue weighted by atomic mass is 16.3. The van der Waals surface area contributed by atoms with Gasteiger partial charge >= 0.3 is 0 Å². The van der Waals surface area contributed by atoms with Crippen LogP contribution >= 0.6 is 0 Å². The summed E-state index contributed by atoms with van der Waals surface area (Å²) in [6.07, 6.45) is 0. The van der Waals surface area contributed by atoms with E-state index in [9.17, 15) is 0 Å². The molecule has 7 heteroatoms. The molecule has 0 unspecified atom stereocenters. The molecule has 0 aliphatic heterocycles. The number of hydrogen-bond acceptors (Lipinski definition) is 7. The first-order chi connectivity index (χ1) is 27.2. The van der Waals surface area contributed by atoms with Crippen molar-refractivity contribution in [3.8, 4) is 79.5 Å². The molecular weight excluding hydrogens is 677 g/mol. The van der Waals surface area contributed by atoms with E-state index in [1.165, 1.54) is 0 Å². The van der Waals surface area contributed by atoms with E-state index < -0.39 is 0 Å². The Morgan fingerprint density at radius 3 is 1.05 bits per heavy atom. The van der Waals surface area contributed by atoms with Crippen LogP contribution in [0.25, 0.3) is 101 Å². The second-order valence-electron chi connectivity index (χ2n) is 13.2. The largest absolute Gasteiger partial charge is 0.456 e. The van der Waals surface area contributed by atoms with Gasteiger partial charge in [-0.05, 0) is 41.5 Å². The lowest BCUT2D eigenvalue weighted by Crippen LogP contribution is -2.00. The van der Waals surface area contributed by atoms with Crippen molar-refractivity contribution in [3.05, 3.63) is 182 Å². The van der Waals surface area contributed by atoms with E-state index in [1.54, 1.807) is 0 Å². The Hall–Kier alpha value is -7.64. The molecule has 0 aliphatic carbocycles. The maximum Gasteiger partial charge on any atom is 0.164 e. The normalized spacial score (nSPS) is 11.3. The molecule has 10 rings (SSSR count). The van der Waals surface area contributed by atoms with Crippen molar-refractivity contribution in [3.63, 3.8) is 0 Å². The Labute approximate surface area is 316 Å². The fraction of sp³-hybridized carbons (Fsp3) is 0. The van der Waals surface area contributed by atoms with Crippen LogP contribution in [0.1, 0.15) is 0 Å². The molecule has 0 N–H and O–H groups in total. The highest BCUT2D eigenvalue weighted by Gasteiger charge is 2.16. The van der Waals surface area contributed by atoms with Gasteiger partial charge in [0.2, 0.25) is 0 Å². The topological polar surface area (TPSA) is 90.5 Å². The van der Waals surface area contributed by atoms with Crippen LogP contribution in [0.2, 0.25) is 0 Å². The molecule has 0 saturated carbocycles. The fourth-order valence-corrected chi connectivity index (χ4v) is 6.83. The zero-order valence-electron chi connectivity index (χ0n) is 29.4. The minimum atomic E-state index is 0.567. The summed E-state index contributed by atoms with van der Waals surface area (Å²) in [6.45, 7) is 0. The molecule has 3 heterocycles. The maximum atomic E-state index is 6.23. The Balaban J connectivity index is 1.06. The van der Waals surface area contributed by atoms with E-state index >= 15 is 0 Å². The number of nitrogens with zero attached hydrogens (tertiary/aromatic N) is 6. The third-order valence-corrected chi connectivity index (χ3v) is 9.58. The molecule has 7 nitrogen and oxygen atoms in total. The van der Waals surface area contributed by atoms with Crippen molar-refractivity contribution in [2.75, 3.05) is 0 Å². The third-order valence-electron chi connectivity index (χ3n) is 9.58. The van der Waals surface area contributed by atoms with Crippen molar-refractivity contribution in [2.24, 2.45) is 0 Å². The van der Waals surface area contributed by atoms with Gasteiger partial charge in [-0.3, -0.25) is 0 Å². The van der Waals surface area contributed by atoms with Gasteiger partial charge < -0.3 is 4.42 Å². The number of fused-ring (bicyclic) bond motifs is 3. The minimum Gasteiger partial charge on any atom is -0.456 e. The third kappa shape index (κ3) is 6.30. The van der Waals surface area contributed by atoms with Gasteiger partial charge in [0.05, 0.1) is 0 Å². The molecule has 0 aliphatic rings. The maximum absolute atomic E-state index is 6.23. The predicted molar refractivity (Wildman–Crippen MR) is 219 cm³/mol. The van der Waals surface area contributed by atoms with Gasteiger partial charge in [0.15, 0.2) is 34.9 Å². The molecule has 258 valence electrons. The van der Waals surface area contributed by atoms with Crippen molar-refractivity contribution in [1.29, 1.82) is 0 Å². The van der Waals surface area contributed by atoms with Gasteiger partial charge in [0.1, 0.15) is 11.2 Å². The standard InChI is InChI=1S/C48H30N6O/c1-4-14-31(15-5-1)43-49-44(32-16-6-2-7-17-32)51-46(50-43)36-22-12-20-34(28-36)35-21-13-23-37(29-35)47-52-45(33-18-8-3-9-19-33)53-48(54-47)38-26-27-40-39-24-10-11-25-41(39)55-42(40)30-38/h1-30H. The van der Waals surface area contributed by atoms with E-state index in [-0.39, 0.29) is 0 Å². The average Bonchev–Trinajstić information content (AvgIpc) is 3.65. The zero-order valence-corrected chi connectivity index (χ0v) is 29.4. The van der Waals surface area contributed by atoms with Crippen LogP contribution in [-0.2, 0) is 0 Å². The Kier molecular flexibility index (Phi) is 8.00. The van der Waals surface area contributed by atoms with E-state index in [4.69, 9.17) is 34.3 Å². The smallest absolute Gasteiger partial charge is 0.164 e. The quantitative estimate of drug-likeness (QED) is 0.163. The SMILES string of the molecule is c1ccc(-c2nc(-c3ccccc3)nc(-c3cccc(-c4cccc(-c5nc(-c6ccccc6)nc(-c6ccc7c(c6)oc6ccccc67)n5)c4)c3)n2)cc1. The summed E-state index contributed by atoms with van der Waals surface area (Å²) in [5, 5.41) is 2.13. The van der Waals surface area contributed by atoms with Gasteiger partial charge in [-0.15, -0.1) is 0 Å². The van der Waals surface area contributed by atoms with E-state index in [0.29, 0.717) is 34.9 Å². The second kappa shape index (κ2) is 13.7. The second-order valence-corrected chi connectivity index (χ2v) is 13.2. The van der Waals surface area contributed by atoms with Crippen LogP contribution in [-0.4, -0.2) is 29.9 Å². The first-order valence-corrected chi connectivity index (χ1v) is 18.0. The Bertz CT molecular complexity index is 2920. The lowest BCUT2D eigenvalue weighted by atomic mass is 10.0.